The Morgan fingerprint density at radius 2 is 2.38 bits per heavy atom. The highest BCUT2D eigenvalue weighted by atomic mass is 35.5. The maximum absolute atomic E-state index is 11.6. The summed E-state index contributed by atoms with van der Waals surface area (Å²) in [6.07, 6.45) is 1.33. The molecule has 2 heterocycles. The lowest BCUT2D eigenvalue weighted by atomic mass is 10.5. The van der Waals surface area contributed by atoms with Gasteiger partial charge in [0, 0.05) is 6.54 Å². The van der Waals surface area contributed by atoms with E-state index in [2.05, 4.69) is 20.3 Å². The number of amides is 1. The van der Waals surface area contributed by atoms with Gasteiger partial charge in [-0.2, -0.15) is 9.97 Å². The van der Waals surface area contributed by atoms with Gasteiger partial charge in [0.05, 0.1) is 0 Å². The lowest BCUT2D eigenvalue weighted by Crippen LogP contribution is -2.27. The third-order valence-electron chi connectivity index (χ3n) is 1.92. The summed E-state index contributed by atoms with van der Waals surface area (Å²) in [5, 5.41) is 2.75. The van der Waals surface area contributed by atoms with E-state index in [0.717, 1.165) is 0 Å². The molecule has 0 fully saturated rings. The van der Waals surface area contributed by atoms with E-state index in [1.54, 1.807) is 0 Å². The normalized spacial score (nSPS) is 10.6. The third-order valence-corrected chi connectivity index (χ3v) is 2.18. The summed E-state index contributed by atoms with van der Waals surface area (Å²) in [4.78, 5) is 23.2. The van der Waals surface area contributed by atoms with Gasteiger partial charge in [-0.15, -0.1) is 0 Å². The number of imidazole rings is 1. The van der Waals surface area contributed by atoms with Crippen LogP contribution in [0.5, 0.6) is 0 Å². The number of fused-ring (bicyclic) bond motifs is 1. The molecule has 0 radical (unpaired) electrons. The average molecular weight is 241 g/mol. The quantitative estimate of drug-likeness (QED) is 0.713. The van der Waals surface area contributed by atoms with Crippen molar-refractivity contribution in [2.24, 2.45) is 0 Å². The van der Waals surface area contributed by atoms with Crippen molar-refractivity contribution in [2.45, 2.75) is 6.92 Å². The van der Waals surface area contributed by atoms with Crippen LogP contribution in [0.15, 0.2) is 6.33 Å². The van der Waals surface area contributed by atoms with Crippen LogP contribution in [0.4, 0.5) is 10.7 Å². The van der Waals surface area contributed by atoms with E-state index in [9.17, 15) is 4.79 Å². The molecule has 0 saturated heterocycles. The summed E-state index contributed by atoms with van der Waals surface area (Å²) in [7, 11) is 0. The summed E-state index contributed by atoms with van der Waals surface area (Å²) in [5.41, 5.74) is 6.09. The monoisotopic (exact) mass is 240 g/mol. The SMILES string of the molecule is CCNC(=O)n1cnc2c(Cl)nc(N)nc21. The molecule has 8 heteroatoms. The molecule has 3 N–H and O–H groups in total. The molecule has 84 valence electrons. The smallest absolute Gasteiger partial charge is 0.328 e. The Morgan fingerprint density at radius 3 is 3.06 bits per heavy atom. The number of hydrogen-bond acceptors (Lipinski definition) is 5. The lowest BCUT2D eigenvalue weighted by molar-refractivity contribution is 0.243. The van der Waals surface area contributed by atoms with E-state index in [1.807, 2.05) is 6.92 Å². The van der Waals surface area contributed by atoms with Crippen molar-refractivity contribution in [3.63, 3.8) is 0 Å². The molecule has 2 aromatic rings. The first-order chi connectivity index (χ1) is 7.63. The first kappa shape index (κ1) is 10.6. The summed E-state index contributed by atoms with van der Waals surface area (Å²) in [6, 6.07) is -0.334. The highest BCUT2D eigenvalue weighted by molar-refractivity contribution is 6.33. The fourth-order valence-electron chi connectivity index (χ4n) is 1.27. The number of halogens is 1. The molecule has 7 nitrogen and oxygen atoms in total. The predicted molar refractivity (Wildman–Crippen MR) is 59.2 cm³/mol. The van der Waals surface area contributed by atoms with Crippen LogP contribution >= 0.6 is 11.6 Å². The second-order valence-electron chi connectivity index (χ2n) is 2.99. The van der Waals surface area contributed by atoms with Crippen LogP contribution < -0.4 is 11.1 Å². The fourth-order valence-corrected chi connectivity index (χ4v) is 1.49. The second kappa shape index (κ2) is 3.93. The highest BCUT2D eigenvalue weighted by Crippen LogP contribution is 2.19. The molecule has 2 aromatic heterocycles. The molecule has 0 aromatic carbocycles. The number of aromatic nitrogens is 4. The first-order valence-corrected chi connectivity index (χ1v) is 4.95. The Labute approximate surface area is 95.6 Å². The van der Waals surface area contributed by atoms with Crippen molar-refractivity contribution in [1.82, 2.24) is 24.8 Å². The largest absolute Gasteiger partial charge is 0.368 e. The van der Waals surface area contributed by atoms with Crippen molar-refractivity contribution < 1.29 is 4.79 Å². The Hall–Kier alpha value is -1.89. The van der Waals surface area contributed by atoms with Gasteiger partial charge >= 0.3 is 6.03 Å². The van der Waals surface area contributed by atoms with E-state index in [1.165, 1.54) is 10.9 Å². The molecule has 0 saturated carbocycles. The number of anilines is 1. The van der Waals surface area contributed by atoms with Gasteiger partial charge in [-0.3, -0.25) is 0 Å². The van der Waals surface area contributed by atoms with E-state index in [4.69, 9.17) is 17.3 Å². The molecular weight excluding hydrogens is 232 g/mol. The molecule has 0 bridgehead atoms. The topological polar surface area (TPSA) is 98.7 Å². The maximum Gasteiger partial charge on any atom is 0.328 e. The second-order valence-corrected chi connectivity index (χ2v) is 3.35. The number of hydrogen-bond donors (Lipinski definition) is 2. The molecule has 0 atom stereocenters. The van der Waals surface area contributed by atoms with Gasteiger partial charge in [-0.25, -0.2) is 14.3 Å². The van der Waals surface area contributed by atoms with Crippen molar-refractivity contribution in [3.8, 4) is 0 Å². The van der Waals surface area contributed by atoms with Crippen molar-refractivity contribution in [1.29, 1.82) is 0 Å². The Bertz CT molecular complexity index is 551. The molecule has 0 spiro atoms. The van der Waals surface area contributed by atoms with Gasteiger partial charge in [-0.1, -0.05) is 11.6 Å². The van der Waals surface area contributed by atoms with Crippen LogP contribution in [-0.2, 0) is 0 Å². The van der Waals surface area contributed by atoms with Gasteiger partial charge in [0.2, 0.25) is 5.95 Å². The van der Waals surface area contributed by atoms with Gasteiger partial charge in [0.25, 0.3) is 0 Å². The number of nitrogen functional groups attached to an aromatic ring is 1. The first-order valence-electron chi connectivity index (χ1n) is 4.57. The molecular formula is C8H9ClN6O. The van der Waals surface area contributed by atoms with Crippen LogP contribution in [0, 0.1) is 0 Å². The molecule has 0 unspecified atom stereocenters. The van der Waals surface area contributed by atoms with Gasteiger partial charge in [0.15, 0.2) is 10.8 Å². The van der Waals surface area contributed by atoms with E-state index in [-0.39, 0.29) is 17.1 Å². The molecule has 16 heavy (non-hydrogen) atoms. The summed E-state index contributed by atoms with van der Waals surface area (Å²) in [5.74, 6) is 0.00329. The van der Waals surface area contributed by atoms with Crippen LogP contribution in [-0.4, -0.2) is 32.1 Å². The number of carbonyl (C=O) groups is 1. The van der Waals surface area contributed by atoms with Crippen LogP contribution in [0.3, 0.4) is 0 Å². The van der Waals surface area contributed by atoms with E-state index in [0.29, 0.717) is 17.7 Å². The van der Waals surface area contributed by atoms with Crippen molar-refractivity contribution >= 4 is 34.7 Å². The molecule has 2 rings (SSSR count). The molecule has 0 aliphatic heterocycles. The van der Waals surface area contributed by atoms with Crippen molar-refractivity contribution in [2.75, 3.05) is 12.3 Å². The minimum Gasteiger partial charge on any atom is -0.368 e. The third kappa shape index (κ3) is 1.65. The zero-order valence-corrected chi connectivity index (χ0v) is 9.19. The predicted octanol–water partition coefficient (Wildman–Crippen LogP) is 0.639. The molecule has 0 aliphatic rings. The number of carbonyl (C=O) groups excluding carboxylic acids is 1. The molecule has 0 aliphatic carbocycles. The zero-order chi connectivity index (χ0) is 11.7. The number of nitrogens with two attached hydrogens (primary N) is 1. The van der Waals surface area contributed by atoms with Crippen LogP contribution in [0.25, 0.3) is 11.2 Å². The minimum absolute atomic E-state index is 0.00329. The van der Waals surface area contributed by atoms with Gasteiger partial charge in [0.1, 0.15) is 11.8 Å². The summed E-state index contributed by atoms with van der Waals surface area (Å²) in [6.45, 7) is 2.32. The maximum atomic E-state index is 11.6. The van der Waals surface area contributed by atoms with Crippen molar-refractivity contribution in [3.05, 3.63) is 11.5 Å². The fraction of sp³-hybridized carbons (Fsp3) is 0.250. The molecule has 1 amide bonds. The average Bonchev–Trinajstić information content (AvgIpc) is 2.61. The summed E-state index contributed by atoms with van der Waals surface area (Å²) >= 11 is 5.82. The highest BCUT2D eigenvalue weighted by Gasteiger charge is 2.14. The number of rotatable bonds is 1. The van der Waals surface area contributed by atoms with Crippen LogP contribution in [0.2, 0.25) is 5.15 Å². The minimum atomic E-state index is -0.334. The lowest BCUT2D eigenvalue weighted by Gasteiger charge is -2.03. The Balaban J connectivity index is 2.60. The number of nitrogens with zero attached hydrogens (tertiary/aromatic N) is 4. The zero-order valence-electron chi connectivity index (χ0n) is 8.44. The standard InChI is InChI=1S/C8H9ClN6O/c1-2-11-8(16)15-3-12-4-5(9)13-7(10)14-6(4)15/h3H,2H2,1H3,(H,11,16)(H2,10,13,14). The Morgan fingerprint density at radius 1 is 1.62 bits per heavy atom. The Kier molecular flexibility index (Phi) is 2.61. The van der Waals surface area contributed by atoms with E-state index < -0.39 is 0 Å². The van der Waals surface area contributed by atoms with Crippen LogP contribution in [0.1, 0.15) is 6.92 Å². The summed E-state index contributed by atoms with van der Waals surface area (Å²) < 4.78 is 1.24. The van der Waals surface area contributed by atoms with E-state index >= 15 is 0 Å². The van der Waals surface area contributed by atoms with Gasteiger partial charge in [-0.05, 0) is 6.92 Å². The number of nitrogens with one attached hydrogen (secondary N) is 1. The van der Waals surface area contributed by atoms with Gasteiger partial charge < -0.3 is 11.1 Å².